The molecular weight excluding hydrogens is 282 g/mol. The Balaban J connectivity index is 2.10. The topological polar surface area (TPSA) is 20.3 Å². The molecule has 0 N–H and O–H groups in total. The first kappa shape index (κ1) is 17.3. The van der Waals surface area contributed by atoms with E-state index in [9.17, 15) is 4.79 Å². The molecule has 0 aliphatic heterocycles. The van der Waals surface area contributed by atoms with Crippen LogP contribution in [0.2, 0.25) is 0 Å². The highest BCUT2D eigenvalue weighted by molar-refractivity contribution is 5.72. The molecule has 0 aliphatic carbocycles. The maximum absolute atomic E-state index is 10.3. The standard InChI is InChI=1S/C21H27NO/c1-22(2)20-15-14-19(13-7-4-3-5-10-16-23)21(17-20)18-11-8-6-9-12-18/h6,8-9,11-12,14-17H,3-5,7,10,13H2,1-2H3. The molecule has 122 valence electrons. The summed E-state index contributed by atoms with van der Waals surface area (Å²) in [4.78, 5) is 12.5. The van der Waals surface area contributed by atoms with Crippen LogP contribution in [0.1, 0.15) is 37.7 Å². The number of hydrogen-bond acceptors (Lipinski definition) is 2. The highest BCUT2D eigenvalue weighted by atomic mass is 16.1. The molecule has 0 unspecified atom stereocenters. The summed E-state index contributed by atoms with van der Waals surface area (Å²) < 4.78 is 0. The van der Waals surface area contributed by atoms with E-state index < -0.39 is 0 Å². The van der Waals surface area contributed by atoms with Crippen molar-refractivity contribution in [3.63, 3.8) is 0 Å². The Bertz CT molecular complexity index is 604. The number of nitrogens with zero attached hydrogens (tertiary/aromatic N) is 1. The zero-order valence-corrected chi connectivity index (χ0v) is 14.3. The molecule has 0 saturated carbocycles. The molecule has 2 rings (SSSR count). The van der Waals surface area contributed by atoms with Crippen LogP contribution in [-0.4, -0.2) is 20.4 Å². The van der Waals surface area contributed by atoms with Crippen LogP contribution in [-0.2, 0) is 11.2 Å². The molecule has 0 heterocycles. The number of unbranched alkanes of at least 4 members (excludes halogenated alkanes) is 4. The minimum atomic E-state index is 0.701. The van der Waals surface area contributed by atoms with Crippen LogP contribution in [0.25, 0.3) is 11.1 Å². The second-order valence-corrected chi connectivity index (χ2v) is 6.22. The molecule has 2 heteroatoms. The summed E-state index contributed by atoms with van der Waals surface area (Å²) in [6, 6.07) is 17.4. The summed E-state index contributed by atoms with van der Waals surface area (Å²) >= 11 is 0. The Morgan fingerprint density at radius 1 is 0.913 bits per heavy atom. The molecule has 23 heavy (non-hydrogen) atoms. The largest absolute Gasteiger partial charge is 0.378 e. The van der Waals surface area contributed by atoms with Crippen molar-refractivity contribution in [1.82, 2.24) is 0 Å². The molecule has 0 spiro atoms. The van der Waals surface area contributed by atoms with Gasteiger partial charge in [0.1, 0.15) is 6.29 Å². The molecule has 0 aromatic heterocycles. The summed E-state index contributed by atoms with van der Waals surface area (Å²) in [7, 11) is 4.16. The lowest BCUT2D eigenvalue weighted by Gasteiger charge is -2.17. The average Bonchev–Trinajstić information content (AvgIpc) is 2.58. The van der Waals surface area contributed by atoms with E-state index >= 15 is 0 Å². The van der Waals surface area contributed by atoms with Gasteiger partial charge in [0, 0.05) is 26.2 Å². The highest BCUT2D eigenvalue weighted by Gasteiger charge is 2.07. The Kier molecular flexibility index (Phi) is 6.86. The van der Waals surface area contributed by atoms with Crippen molar-refractivity contribution in [2.24, 2.45) is 0 Å². The van der Waals surface area contributed by atoms with Crippen LogP contribution in [0, 0.1) is 0 Å². The molecular formula is C21H27NO. The molecule has 0 atom stereocenters. The van der Waals surface area contributed by atoms with Crippen LogP contribution in [0.3, 0.4) is 0 Å². The predicted molar refractivity (Wildman–Crippen MR) is 99.1 cm³/mol. The fraction of sp³-hybridized carbons (Fsp3) is 0.381. The van der Waals surface area contributed by atoms with Gasteiger partial charge in [-0.2, -0.15) is 0 Å². The molecule has 0 fully saturated rings. The number of carbonyl (C=O) groups excluding carboxylic acids is 1. The van der Waals surface area contributed by atoms with E-state index in [1.807, 2.05) is 0 Å². The van der Waals surface area contributed by atoms with Gasteiger partial charge < -0.3 is 9.69 Å². The number of rotatable bonds is 9. The third-order valence-corrected chi connectivity index (χ3v) is 4.21. The van der Waals surface area contributed by atoms with Crippen LogP contribution in [0.5, 0.6) is 0 Å². The SMILES string of the molecule is CN(C)c1ccc(CCCCCCC=O)c(-c2ccccc2)c1. The molecule has 2 nitrogen and oxygen atoms in total. The first-order valence-electron chi connectivity index (χ1n) is 8.51. The molecule has 0 radical (unpaired) electrons. The molecule has 0 bridgehead atoms. The van der Waals surface area contributed by atoms with Crippen molar-refractivity contribution < 1.29 is 4.79 Å². The fourth-order valence-electron chi connectivity index (χ4n) is 2.84. The number of aldehydes is 1. The lowest BCUT2D eigenvalue weighted by molar-refractivity contribution is -0.107. The normalized spacial score (nSPS) is 10.5. The van der Waals surface area contributed by atoms with Gasteiger partial charge in [0.15, 0.2) is 0 Å². The first-order valence-corrected chi connectivity index (χ1v) is 8.51. The number of carbonyl (C=O) groups is 1. The van der Waals surface area contributed by atoms with E-state index in [2.05, 4.69) is 67.5 Å². The third-order valence-electron chi connectivity index (χ3n) is 4.21. The average molecular weight is 309 g/mol. The van der Waals surface area contributed by atoms with Crippen LogP contribution in [0.4, 0.5) is 5.69 Å². The van der Waals surface area contributed by atoms with Gasteiger partial charge in [0.25, 0.3) is 0 Å². The Morgan fingerprint density at radius 3 is 2.35 bits per heavy atom. The Labute approximate surface area is 140 Å². The quantitative estimate of drug-likeness (QED) is 0.474. The number of benzene rings is 2. The lowest BCUT2D eigenvalue weighted by atomic mass is 9.95. The van der Waals surface area contributed by atoms with Crippen molar-refractivity contribution in [2.75, 3.05) is 19.0 Å². The fourth-order valence-corrected chi connectivity index (χ4v) is 2.84. The van der Waals surface area contributed by atoms with Gasteiger partial charge in [-0.15, -0.1) is 0 Å². The van der Waals surface area contributed by atoms with Gasteiger partial charge in [-0.05, 0) is 48.1 Å². The van der Waals surface area contributed by atoms with Gasteiger partial charge in [-0.1, -0.05) is 49.2 Å². The van der Waals surface area contributed by atoms with Gasteiger partial charge in [-0.25, -0.2) is 0 Å². The van der Waals surface area contributed by atoms with Crippen molar-refractivity contribution >= 4 is 12.0 Å². The zero-order valence-electron chi connectivity index (χ0n) is 14.3. The van der Waals surface area contributed by atoms with Crippen molar-refractivity contribution in [3.8, 4) is 11.1 Å². The maximum atomic E-state index is 10.3. The Morgan fingerprint density at radius 2 is 1.65 bits per heavy atom. The van der Waals surface area contributed by atoms with Gasteiger partial charge in [0.05, 0.1) is 0 Å². The Hall–Kier alpha value is -2.09. The minimum absolute atomic E-state index is 0.701. The first-order chi connectivity index (χ1) is 11.2. The monoisotopic (exact) mass is 309 g/mol. The molecule has 2 aromatic rings. The number of aryl methyl sites for hydroxylation is 1. The van der Waals surface area contributed by atoms with Crippen LogP contribution < -0.4 is 4.90 Å². The summed E-state index contributed by atoms with van der Waals surface area (Å²) in [5.74, 6) is 0. The van der Waals surface area contributed by atoms with E-state index in [4.69, 9.17) is 0 Å². The molecule has 0 amide bonds. The van der Waals surface area contributed by atoms with Crippen LogP contribution >= 0.6 is 0 Å². The predicted octanol–water partition coefficient (Wildman–Crippen LogP) is 5.11. The molecule has 0 saturated heterocycles. The van der Waals surface area contributed by atoms with E-state index in [1.54, 1.807) is 0 Å². The highest BCUT2D eigenvalue weighted by Crippen LogP contribution is 2.29. The second kappa shape index (κ2) is 9.14. The number of anilines is 1. The van der Waals surface area contributed by atoms with Gasteiger partial charge >= 0.3 is 0 Å². The second-order valence-electron chi connectivity index (χ2n) is 6.22. The van der Waals surface area contributed by atoms with Gasteiger partial charge in [0.2, 0.25) is 0 Å². The summed E-state index contributed by atoms with van der Waals surface area (Å²) in [6.45, 7) is 0. The van der Waals surface area contributed by atoms with Crippen molar-refractivity contribution in [3.05, 3.63) is 54.1 Å². The smallest absolute Gasteiger partial charge is 0.119 e. The minimum Gasteiger partial charge on any atom is -0.378 e. The van der Waals surface area contributed by atoms with E-state index in [0.29, 0.717) is 6.42 Å². The maximum Gasteiger partial charge on any atom is 0.119 e. The summed E-state index contributed by atoms with van der Waals surface area (Å²) in [5, 5.41) is 0. The molecule has 0 aliphatic rings. The van der Waals surface area contributed by atoms with Gasteiger partial charge in [-0.3, -0.25) is 0 Å². The lowest BCUT2D eigenvalue weighted by Crippen LogP contribution is -2.09. The van der Waals surface area contributed by atoms with E-state index in [-0.39, 0.29) is 0 Å². The van der Waals surface area contributed by atoms with Crippen molar-refractivity contribution in [2.45, 2.75) is 38.5 Å². The zero-order chi connectivity index (χ0) is 16.5. The van der Waals surface area contributed by atoms with Crippen LogP contribution in [0.15, 0.2) is 48.5 Å². The van der Waals surface area contributed by atoms with E-state index in [0.717, 1.165) is 25.5 Å². The van der Waals surface area contributed by atoms with E-state index in [1.165, 1.54) is 35.2 Å². The molecule has 2 aromatic carbocycles. The summed E-state index contributed by atoms with van der Waals surface area (Å²) in [6.07, 6.45) is 7.36. The van der Waals surface area contributed by atoms with Crippen molar-refractivity contribution in [1.29, 1.82) is 0 Å². The number of hydrogen-bond donors (Lipinski definition) is 0. The third kappa shape index (κ3) is 5.24. The summed E-state index contributed by atoms with van der Waals surface area (Å²) in [5.41, 5.74) is 5.27.